The predicted molar refractivity (Wildman–Crippen MR) is 80.0 cm³/mol. The fourth-order valence-corrected chi connectivity index (χ4v) is 3.07. The molecule has 106 valence electrons. The minimum Gasteiger partial charge on any atom is -0.508 e. The Labute approximate surface area is 122 Å². The summed E-state index contributed by atoms with van der Waals surface area (Å²) in [7, 11) is 0. The van der Waals surface area contributed by atoms with Gasteiger partial charge in [-0.25, -0.2) is 4.98 Å². The standard InChI is InChI=1S/C15H18N2O2S/c1-9-15(20-11(3)16-9)10(2)17-14(19)8-12-6-4-5-7-13(12)18/h4-7,10,18H,8H2,1-3H3,(H,17,19). The maximum absolute atomic E-state index is 12.0. The molecule has 2 aromatic rings. The number of aromatic nitrogens is 1. The third-order valence-electron chi connectivity index (χ3n) is 3.05. The highest BCUT2D eigenvalue weighted by Gasteiger charge is 2.16. The van der Waals surface area contributed by atoms with Crippen molar-refractivity contribution in [3.05, 3.63) is 45.4 Å². The Kier molecular flexibility index (Phi) is 4.39. The van der Waals surface area contributed by atoms with E-state index in [1.54, 1.807) is 29.5 Å². The number of hydrogen-bond acceptors (Lipinski definition) is 4. The number of nitrogens with one attached hydrogen (secondary N) is 1. The molecule has 1 amide bonds. The monoisotopic (exact) mass is 290 g/mol. The highest BCUT2D eigenvalue weighted by Crippen LogP contribution is 2.24. The first-order valence-corrected chi connectivity index (χ1v) is 7.29. The lowest BCUT2D eigenvalue weighted by atomic mass is 10.1. The van der Waals surface area contributed by atoms with Gasteiger partial charge in [-0.05, 0) is 26.8 Å². The van der Waals surface area contributed by atoms with E-state index in [0.29, 0.717) is 5.56 Å². The molecule has 0 aliphatic heterocycles. The first-order chi connectivity index (χ1) is 9.47. The number of para-hydroxylation sites is 1. The molecule has 0 bridgehead atoms. The third-order valence-corrected chi connectivity index (χ3v) is 4.31. The highest BCUT2D eigenvalue weighted by molar-refractivity contribution is 7.11. The summed E-state index contributed by atoms with van der Waals surface area (Å²) in [5.74, 6) is 0.0459. The van der Waals surface area contributed by atoms with Gasteiger partial charge in [0, 0.05) is 10.4 Å². The van der Waals surface area contributed by atoms with Crippen molar-refractivity contribution < 1.29 is 9.90 Å². The fraction of sp³-hybridized carbons (Fsp3) is 0.333. The van der Waals surface area contributed by atoms with Gasteiger partial charge in [-0.1, -0.05) is 18.2 Å². The van der Waals surface area contributed by atoms with Crippen molar-refractivity contribution in [2.45, 2.75) is 33.2 Å². The predicted octanol–water partition coefficient (Wildman–Crippen LogP) is 2.89. The van der Waals surface area contributed by atoms with E-state index >= 15 is 0 Å². The second kappa shape index (κ2) is 6.05. The largest absolute Gasteiger partial charge is 0.508 e. The van der Waals surface area contributed by atoms with Crippen LogP contribution in [0.1, 0.15) is 34.1 Å². The van der Waals surface area contributed by atoms with E-state index in [9.17, 15) is 9.90 Å². The summed E-state index contributed by atoms with van der Waals surface area (Å²) in [5, 5.41) is 13.6. The fourth-order valence-electron chi connectivity index (χ4n) is 2.14. The third kappa shape index (κ3) is 3.36. The lowest BCUT2D eigenvalue weighted by Gasteiger charge is -2.13. The molecule has 5 heteroatoms. The van der Waals surface area contributed by atoms with Crippen LogP contribution in [-0.4, -0.2) is 16.0 Å². The maximum atomic E-state index is 12.0. The zero-order valence-electron chi connectivity index (χ0n) is 11.8. The van der Waals surface area contributed by atoms with Gasteiger partial charge in [0.15, 0.2) is 0 Å². The van der Waals surface area contributed by atoms with Gasteiger partial charge in [0.25, 0.3) is 0 Å². The van der Waals surface area contributed by atoms with Crippen LogP contribution in [0.2, 0.25) is 0 Å². The summed E-state index contributed by atoms with van der Waals surface area (Å²) in [6.45, 7) is 5.85. The number of carbonyl (C=O) groups is 1. The van der Waals surface area contributed by atoms with Crippen molar-refractivity contribution >= 4 is 17.2 Å². The molecule has 1 atom stereocenters. The quantitative estimate of drug-likeness (QED) is 0.910. The zero-order valence-corrected chi connectivity index (χ0v) is 12.6. The normalized spacial score (nSPS) is 12.2. The van der Waals surface area contributed by atoms with Gasteiger partial charge in [0.1, 0.15) is 5.75 Å². The van der Waals surface area contributed by atoms with Crippen LogP contribution in [0.4, 0.5) is 0 Å². The molecule has 2 rings (SSSR count). The number of phenols is 1. The Hall–Kier alpha value is -1.88. The summed E-state index contributed by atoms with van der Waals surface area (Å²) in [4.78, 5) is 17.5. The molecule has 0 saturated carbocycles. The number of aryl methyl sites for hydroxylation is 2. The molecule has 1 aromatic carbocycles. The van der Waals surface area contributed by atoms with Gasteiger partial charge in [-0.3, -0.25) is 4.79 Å². The van der Waals surface area contributed by atoms with Crippen molar-refractivity contribution in [1.29, 1.82) is 0 Å². The number of hydrogen-bond donors (Lipinski definition) is 2. The number of benzene rings is 1. The molecule has 0 fully saturated rings. The Morgan fingerprint density at radius 1 is 1.40 bits per heavy atom. The second-order valence-electron chi connectivity index (χ2n) is 4.78. The second-order valence-corrected chi connectivity index (χ2v) is 6.01. The van der Waals surface area contributed by atoms with Gasteiger partial charge in [0.2, 0.25) is 5.91 Å². The summed E-state index contributed by atoms with van der Waals surface area (Å²) in [6.07, 6.45) is 0.174. The summed E-state index contributed by atoms with van der Waals surface area (Å²) >= 11 is 1.60. The van der Waals surface area contributed by atoms with Gasteiger partial charge >= 0.3 is 0 Å². The van der Waals surface area contributed by atoms with Crippen molar-refractivity contribution in [3.63, 3.8) is 0 Å². The molecule has 0 radical (unpaired) electrons. The van der Waals surface area contributed by atoms with E-state index in [1.807, 2.05) is 26.8 Å². The van der Waals surface area contributed by atoms with Gasteiger partial charge in [0.05, 0.1) is 23.2 Å². The molecule has 1 aromatic heterocycles. The van der Waals surface area contributed by atoms with E-state index < -0.39 is 0 Å². The van der Waals surface area contributed by atoms with E-state index in [2.05, 4.69) is 10.3 Å². The van der Waals surface area contributed by atoms with Crippen molar-refractivity contribution in [2.24, 2.45) is 0 Å². The molecule has 0 saturated heterocycles. The molecule has 20 heavy (non-hydrogen) atoms. The van der Waals surface area contributed by atoms with E-state index in [-0.39, 0.29) is 24.1 Å². The first kappa shape index (κ1) is 14.5. The van der Waals surface area contributed by atoms with Crippen LogP contribution >= 0.6 is 11.3 Å². The molecule has 1 unspecified atom stereocenters. The molecular weight excluding hydrogens is 272 g/mol. The smallest absolute Gasteiger partial charge is 0.225 e. The molecule has 0 aliphatic carbocycles. The summed E-state index contributed by atoms with van der Waals surface area (Å²) in [5.41, 5.74) is 1.59. The lowest BCUT2D eigenvalue weighted by molar-refractivity contribution is -0.121. The molecule has 1 heterocycles. The van der Waals surface area contributed by atoms with Crippen molar-refractivity contribution in [2.75, 3.05) is 0 Å². The number of aromatic hydroxyl groups is 1. The molecule has 0 spiro atoms. The number of phenolic OH excluding ortho intramolecular Hbond substituents is 1. The van der Waals surface area contributed by atoms with E-state index in [4.69, 9.17) is 0 Å². The Morgan fingerprint density at radius 2 is 2.10 bits per heavy atom. The Morgan fingerprint density at radius 3 is 2.70 bits per heavy atom. The topological polar surface area (TPSA) is 62.2 Å². The number of amides is 1. The SMILES string of the molecule is Cc1nc(C)c(C(C)NC(=O)Cc2ccccc2O)s1. The van der Waals surface area contributed by atoms with E-state index in [1.165, 1.54) is 0 Å². The minimum absolute atomic E-state index is 0.0699. The number of thiazole rings is 1. The average molecular weight is 290 g/mol. The first-order valence-electron chi connectivity index (χ1n) is 6.47. The molecular formula is C15H18N2O2S. The van der Waals surface area contributed by atoms with Crippen LogP contribution < -0.4 is 5.32 Å². The van der Waals surface area contributed by atoms with Gasteiger partial charge < -0.3 is 10.4 Å². The summed E-state index contributed by atoms with van der Waals surface area (Å²) < 4.78 is 0. The van der Waals surface area contributed by atoms with Gasteiger partial charge in [-0.2, -0.15) is 0 Å². The average Bonchev–Trinajstić information content (AvgIpc) is 2.71. The maximum Gasteiger partial charge on any atom is 0.225 e. The summed E-state index contributed by atoms with van der Waals surface area (Å²) in [6, 6.07) is 6.81. The lowest BCUT2D eigenvalue weighted by Crippen LogP contribution is -2.28. The Balaban J connectivity index is 2.01. The minimum atomic E-state index is -0.107. The molecule has 4 nitrogen and oxygen atoms in total. The highest BCUT2D eigenvalue weighted by atomic mass is 32.1. The number of rotatable bonds is 4. The zero-order chi connectivity index (χ0) is 14.7. The van der Waals surface area contributed by atoms with Crippen LogP contribution in [0.15, 0.2) is 24.3 Å². The van der Waals surface area contributed by atoms with Crippen LogP contribution in [0.5, 0.6) is 5.75 Å². The van der Waals surface area contributed by atoms with E-state index in [0.717, 1.165) is 15.6 Å². The van der Waals surface area contributed by atoms with Crippen LogP contribution in [0, 0.1) is 13.8 Å². The van der Waals surface area contributed by atoms with Crippen molar-refractivity contribution in [1.82, 2.24) is 10.3 Å². The molecule has 2 N–H and O–H groups in total. The van der Waals surface area contributed by atoms with Crippen LogP contribution in [0.3, 0.4) is 0 Å². The number of nitrogens with zero attached hydrogens (tertiary/aromatic N) is 1. The number of carbonyl (C=O) groups excluding carboxylic acids is 1. The van der Waals surface area contributed by atoms with Crippen LogP contribution in [0.25, 0.3) is 0 Å². The van der Waals surface area contributed by atoms with Crippen LogP contribution in [-0.2, 0) is 11.2 Å². The van der Waals surface area contributed by atoms with Gasteiger partial charge in [-0.15, -0.1) is 11.3 Å². The Bertz CT molecular complexity index is 622. The molecule has 0 aliphatic rings. The van der Waals surface area contributed by atoms with Crippen molar-refractivity contribution in [3.8, 4) is 5.75 Å².